The lowest BCUT2D eigenvalue weighted by Crippen LogP contribution is -2.34. The first-order chi connectivity index (χ1) is 10.0. The monoisotopic (exact) mass is 286 g/mol. The molecule has 114 valence electrons. The third kappa shape index (κ3) is 4.92. The Balaban J connectivity index is 1.79. The Morgan fingerprint density at radius 2 is 2.05 bits per heavy atom. The Bertz CT molecular complexity index is 490. The van der Waals surface area contributed by atoms with Gasteiger partial charge in [-0.3, -0.25) is 4.79 Å². The zero-order chi connectivity index (χ0) is 15.2. The fraction of sp³-hybridized carbons (Fsp3) is 0.500. The van der Waals surface area contributed by atoms with Gasteiger partial charge in [0.25, 0.3) is 0 Å². The average molecular weight is 286 g/mol. The molecule has 1 aromatic rings. The lowest BCUT2D eigenvalue weighted by Gasteiger charge is -2.17. The first-order valence-electron chi connectivity index (χ1n) is 7.77. The molecule has 0 aromatic heterocycles. The number of carbonyl (C=O) groups is 1. The second-order valence-electron chi connectivity index (χ2n) is 6.20. The van der Waals surface area contributed by atoms with Crippen LogP contribution in [0.2, 0.25) is 0 Å². The summed E-state index contributed by atoms with van der Waals surface area (Å²) in [5, 5.41) is 3.11. The van der Waals surface area contributed by atoms with E-state index in [4.69, 9.17) is 0 Å². The molecule has 0 saturated carbocycles. The summed E-state index contributed by atoms with van der Waals surface area (Å²) in [5.41, 5.74) is 2.46. The Morgan fingerprint density at radius 1 is 1.33 bits per heavy atom. The van der Waals surface area contributed by atoms with Crippen LogP contribution in [0.5, 0.6) is 0 Å². The van der Waals surface area contributed by atoms with Crippen molar-refractivity contribution in [2.75, 3.05) is 19.0 Å². The van der Waals surface area contributed by atoms with Crippen LogP contribution in [0.25, 0.3) is 0 Å². The number of hydrogen-bond donors (Lipinski definition) is 1. The van der Waals surface area contributed by atoms with Gasteiger partial charge >= 0.3 is 0 Å². The Labute approximate surface area is 128 Å². The largest absolute Gasteiger partial charge is 0.378 e. The van der Waals surface area contributed by atoms with Crippen LogP contribution >= 0.6 is 0 Å². The lowest BCUT2D eigenvalue weighted by molar-refractivity contribution is -0.122. The quantitative estimate of drug-likeness (QED) is 0.815. The molecule has 3 nitrogen and oxygen atoms in total. The predicted octanol–water partition coefficient (Wildman–Crippen LogP) is 3.16. The van der Waals surface area contributed by atoms with Crippen LogP contribution in [0.4, 0.5) is 5.69 Å². The van der Waals surface area contributed by atoms with Gasteiger partial charge in [-0.25, -0.2) is 0 Å². The molecule has 1 N–H and O–H groups in total. The zero-order valence-electron chi connectivity index (χ0n) is 13.3. The van der Waals surface area contributed by atoms with Crippen LogP contribution in [0.3, 0.4) is 0 Å². The second-order valence-corrected chi connectivity index (χ2v) is 6.20. The minimum absolute atomic E-state index is 0.170. The van der Waals surface area contributed by atoms with Gasteiger partial charge in [-0.2, -0.15) is 0 Å². The summed E-state index contributed by atoms with van der Waals surface area (Å²) in [4.78, 5) is 14.1. The second kappa shape index (κ2) is 7.30. The van der Waals surface area contributed by atoms with Gasteiger partial charge in [-0.1, -0.05) is 24.3 Å². The molecule has 0 fully saturated rings. The highest BCUT2D eigenvalue weighted by Crippen LogP contribution is 2.20. The number of nitrogens with zero attached hydrogens (tertiary/aromatic N) is 1. The molecule has 1 amide bonds. The van der Waals surface area contributed by atoms with Crippen molar-refractivity contribution in [3.8, 4) is 0 Å². The van der Waals surface area contributed by atoms with E-state index in [0.717, 1.165) is 19.3 Å². The molecule has 3 heteroatoms. The fourth-order valence-electron chi connectivity index (χ4n) is 2.77. The van der Waals surface area contributed by atoms with Gasteiger partial charge < -0.3 is 10.2 Å². The van der Waals surface area contributed by atoms with Crippen LogP contribution in [0.15, 0.2) is 36.4 Å². The van der Waals surface area contributed by atoms with E-state index in [1.165, 1.54) is 11.3 Å². The summed E-state index contributed by atoms with van der Waals surface area (Å²) in [5.74, 6) is 0.612. The maximum absolute atomic E-state index is 12.0. The fourth-order valence-corrected chi connectivity index (χ4v) is 2.77. The molecule has 1 aliphatic rings. The minimum atomic E-state index is 0.170. The first-order valence-corrected chi connectivity index (χ1v) is 7.77. The molecular formula is C18H26N2O. The molecule has 0 heterocycles. The standard InChI is InChI=1S/C18H26N2O/c1-14(19-18(21)13-15-6-4-5-7-15)12-16-8-10-17(11-9-16)20(2)3/h4,6,8-11,14-15H,5,7,12-13H2,1-3H3,(H,19,21)/t14-,15-/m0/s1. The lowest BCUT2D eigenvalue weighted by atomic mass is 10.0. The molecule has 1 aromatic carbocycles. The highest BCUT2D eigenvalue weighted by Gasteiger charge is 2.15. The number of benzene rings is 1. The number of rotatable bonds is 6. The Morgan fingerprint density at radius 3 is 2.62 bits per heavy atom. The van der Waals surface area contributed by atoms with Crippen LogP contribution < -0.4 is 10.2 Å². The predicted molar refractivity (Wildman–Crippen MR) is 88.6 cm³/mol. The van der Waals surface area contributed by atoms with E-state index in [0.29, 0.717) is 12.3 Å². The highest BCUT2D eigenvalue weighted by atomic mass is 16.1. The van der Waals surface area contributed by atoms with Crippen LogP contribution in [0.1, 0.15) is 31.7 Å². The number of carbonyl (C=O) groups excluding carboxylic acids is 1. The highest BCUT2D eigenvalue weighted by molar-refractivity contribution is 5.76. The third-order valence-corrected chi connectivity index (χ3v) is 3.96. The van der Waals surface area contributed by atoms with Gasteiger partial charge in [0.1, 0.15) is 0 Å². The molecule has 1 aliphatic carbocycles. The van der Waals surface area contributed by atoms with Crippen molar-refractivity contribution in [2.45, 2.75) is 38.6 Å². The van der Waals surface area contributed by atoms with Gasteiger partial charge in [0.15, 0.2) is 0 Å². The maximum atomic E-state index is 12.0. The van der Waals surface area contributed by atoms with Crippen LogP contribution in [-0.2, 0) is 11.2 Å². The molecule has 0 bridgehead atoms. The molecule has 0 radical (unpaired) electrons. The van der Waals surface area contributed by atoms with Gasteiger partial charge in [0.05, 0.1) is 0 Å². The summed E-state index contributed by atoms with van der Waals surface area (Å²) >= 11 is 0. The van der Waals surface area contributed by atoms with Crippen molar-refractivity contribution in [2.24, 2.45) is 5.92 Å². The summed E-state index contributed by atoms with van der Waals surface area (Å²) in [7, 11) is 4.07. The average Bonchev–Trinajstić information content (AvgIpc) is 2.91. The van der Waals surface area contributed by atoms with Crippen molar-refractivity contribution in [3.63, 3.8) is 0 Å². The number of amides is 1. The van der Waals surface area contributed by atoms with Crippen LogP contribution in [0, 0.1) is 5.92 Å². The molecule has 2 atom stereocenters. The van der Waals surface area contributed by atoms with Crippen LogP contribution in [-0.4, -0.2) is 26.0 Å². The topological polar surface area (TPSA) is 32.3 Å². The summed E-state index contributed by atoms with van der Waals surface area (Å²) < 4.78 is 0. The maximum Gasteiger partial charge on any atom is 0.220 e. The summed E-state index contributed by atoms with van der Waals surface area (Å²) in [6.07, 6.45) is 8.08. The van der Waals surface area contributed by atoms with E-state index in [2.05, 4.69) is 53.6 Å². The van der Waals surface area contributed by atoms with E-state index in [1.54, 1.807) is 0 Å². The van der Waals surface area contributed by atoms with Gasteiger partial charge in [0, 0.05) is 32.2 Å². The van der Waals surface area contributed by atoms with E-state index in [1.807, 2.05) is 14.1 Å². The van der Waals surface area contributed by atoms with Crippen molar-refractivity contribution >= 4 is 11.6 Å². The number of allylic oxidation sites excluding steroid dienone is 2. The molecule has 0 unspecified atom stereocenters. The van der Waals surface area contributed by atoms with E-state index < -0.39 is 0 Å². The molecule has 2 rings (SSSR count). The molecular weight excluding hydrogens is 260 g/mol. The molecule has 21 heavy (non-hydrogen) atoms. The van der Waals surface area contributed by atoms with Gasteiger partial charge in [-0.05, 0) is 49.8 Å². The van der Waals surface area contributed by atoms with E-state index in [-0.39, 0.29) is 11.9 Å². The Hall–Kier alpha value is -1.77. The number of hydrogen-bond acceptors (Lipinski definition) is 2. The number of nitrogens with one attached hydrogen (secondary N) is 1. The summed E-state index contributed by atoms with van der Waals surface area (Å²) in [6.45, 7) is 2.07. The van der Waals surface area contributed by atoms with Crippen molar-refractivity contribution in [1.82, 2.24) is 5.32 Å². The molecule has 0 saturated heterocycles. The van der Waals surface area contributed by atoms with Crippen molar-refractivity contribution < 1.29 is 4.79 Å². The normalized spacial score (nSPS) is 18.5. The minimum Gasteiger partial charge on any atom is -0.378 e. The number of anilines is 1. The Kier molecular flexibility index (Phi) is 5.43. The molecule has 0 aliphatic heterocycles. The SMILES string of the molecule is C[C@@H](Cc1ccc(N(C)C)cc1)NC(=O)C[C@H]1C=CCC1. The zero-order valence-corrected chi connectivity index (χ0v) is 13.3. The van der Waals surface area contributed by atoms with Crippen molar-refractivity contribution in [1.29, 1.82) is 0 Å². The third-order valence-electron chi connectivity index (χ3n) is 3.96. The first kappa shape index (κ1) is 15.6. The van der Waals surface area contributed by atoms with Crippen molar-refractivity contribution in [3.05, 3.63) is 42.0 Å². The van der Waals surface area contributed by atoms with Gasteiger partial charge in [-0.15, -0.1) is 0 Å². The van der Waals surface area contributed by atoms with Gasteiger partial charge in [0.2, 0.25) is 5.91 Å². The van der Waals surface area contributed by atoms with E-state index in [9.17, 15) is 4.79 Å². The smallest absolute Gasteiger partial charge is 0.220 e. The molecule has 0 spiro atoms. The summed E-state index contributed by atoms with van der Waals surface area (Å²) in [6, 6.07) is 8.68. The van der Waals surface area contributed by atoms with E-state index >= 15 is 0 Å².